The van der Waals surface area contributed by atoms with Gasteiger partial charge in [-0.2, -0.15) is 0 Å². The molecular weight excluding hydrogens is 1020 g/mol. The molecule has 5 rings (SSSR count). The number of pyridine rings is 4. The first-order chi connectivity index (χ1) is 28.0. The molecule has 4 heterocycles. The van der Waals surface area contributed by atoms with Crippen molar-refractivity contribution in [2.45, 2.75) is 133 Å². The molecule has 0 N–H and O–H groups in total. The van der Waals surface area contributed by atoms with E-state index in [0.29, 0.717) is 0 Å². The minimum atomic E-state index is 0. The molecule has 62 heavy (non-hydrogen) atoms. The monoisotopic (exact) mass is 1080 g/mol. The molecule has 0 unspecified atom stereocenters. The van der Waals surface area contributed by atoms with E-state index in [9.17, 15) is 0 Å². The lowest BCUT2D eigenvalue weighted by molar-refractivity contribution is -0.697. The maximum Gasteiger partial charge on any atom is 0.171 e. The third-order valence-electron chi connectivity index (χ3n) is 10.9. The van der Waals surface area contributed by atoms with Gasteiger partial charge >= 0.3 is 0 Å². The largest absolute Gasteiger partial charge is 1.00 e. The van der Waals surface area contributed by atoms with Gasteiger partial charge in [0.05, 0.1) is 0 Å². The molecule has 0 spiro atoms. The SMILES string of the molecule is Cc1cc[n+](CCCC#Cc2cc(C#CCCC[n+]3ccc(C)c(C)c3)c(C#CCCC[n+]3ccc(C)c(C)c3)cc2C#CCCC[n+]2ccc(C)c(C)c2)cc1C.[Br-].[Br-].[Br-].[Br-]. The first kappa shape index (κ1) is 56.0. The van der Waals surface area contributed by atoms with E-state index < -0.39 is 0 Å². The highest BCUT2D eigenvalue weighted by molar-refractivity contribution is 5.61. The first-order valence-corrected chi connectivity index (χ1v) is 21.0. The Balaban J connectivity index is 0.00000480. The fourth-order valence-corrected chi connectivity index (χ4v) is 6.53. The second kappa shape index (κ2) is 29.4. The Morgan fingerprint density at radius 2 is 0.532 bits per heavy atom. The molecule has 8 heteroatoms. The number of aryl methyl sites for hydroxylation is 12. The van der Waals surface area contributed by atoms with Gasteiger partial charge in [0.25, 0.3) is 0 Å². The molecule has 5 aromatic rings. The molecule has 0 aliphatic heterocycles. The number of unbranched alkanes of at least 4 members (excludes halogenated alkanes) is 4. The lowest BCUT2D eigenvalue weighted by Gasteiger charge is -2.04. The average molecular weight is 1090 g/mol. The van der Waals surface area contributed by atoms with Gasteiger partial charge < -0.3 is 67.9 Å². The van der Waals surface area contributed by atoms with Crippen LogP contribution in [0.15, 0.2) is 86.0 Å². The van der Waals surface area contributed by atoms with Crippen LogP contribution in [0.1, 0.15) is 118 Å². The van der Waals surface area contributed by atoms with E-state index in [1.165, 1.54) is 44.5 Å². The van der Waals surface area contributed by atoms with Crippen molar-refractivity contribution in [1.29, 1.82) is 0 Å². The summed E-state index contributed by atoms with van der Waals surface area (Å²) in [7, 11) is 0. The number of hydrogen-bond acceptors (Lipinski definition) is 0. The Kier molecular flexibility index (Phi) is 26.5. The number of benzene rings is 1. The molecule has 4 nitrogen and oxygen atoms in total. The molecule has 0 saturated heterocycles. The van der Waals surface area contributed by atoms with Gasteiger partial charge in [-0.05, 0) is 89.8 Å². The van der Waals surface area contributed by atoms with Crippen molar-refractivity contribution >= 4 is 0 Å². The number of rotatable bonds is 12. The predicted molar refractivity (Wildman–Crippen MR) is 235 cm³/mol. The van der Waals surface area contributed by atoms with E-state index in [2.05, 4.69) is 207 Å². The second-order valence-electron chi connectivity index (χ2n) is 15.8. The van der Waals surface area contributed by atoms with Crippen LogP contribution in [0.3, 0.4) is 0 Å². The van der Waals surface area contributed by atoms with Gasteiger partial charge in [0.1, 0.15) is 26.2 Å². The van der Waals surface area contributed by atoms with Crippen molar-refractivity contribution in [2.75, 3.05) is 0 Å². The summed E-state index contributed by atoms with van der Waals surface area (Å²) in [5.74, 6) is 28.0. The van der Waals surface area contributed by atoms with Crippen molar-refractivity contribution in [3.05, 3.63) is 153 Å². The summed E-state index contributed by atoms with van der Waals surface area (Å²) in [6, 6.07) is 13.0. The highest BCUT2D eigenvalue weighted by atomic mass is 79.9. The molecule has 0 atom stereocenters. The Morgan fingerprint density at radius 3 is 0.726 bits per heavy atom. The molecule has 0 aliphatic rings. The van der Waals surface area contributed by atoms with Gasteiger partial charge in [-0.15, -0.1) is 0 Å². The maximum atomic E-state index is 3.51. The fraction of sp³-hybridized carbons (Fsp3) is 0.370. The molecule has 0 saturated carbocycles. The summed E-state index contributed by atoms with van der Waals surface area (Å²) in [6.45, 7) is 21.0. The van der Waals surface area contributed by atoms with E-state index in [1.807, 2.05) is 0 Å². The van der Waals surface area contributed by atoms with Crippen molar-refractivity contribution in [3.8, 4) is 47.4 Å². The number of hydrogen-bond donors (Lipinski definition) is 0. The first-order valence-electron chi connectivity index (χ1n) is 21.0. The van der Waals surface area contributed by atoms with Crippen LogP contribution in [0.2, 0.25) is 0 Å². The van der Waals surface area contributed by atoms with E-state index >= 15 is 0 Å². The van der Waals surface area contributed by atoms with Crippen LogP contribution in [0.5, 0.6) is 0 Å². The highest BCUT2D eigenvalue weighted by Crippen LogP contribution is 2.17. The van der Waals surface area contributed by atoms with Crippen molar-refractivity contribution in [1.82, 2.24) is 0 Å². The third kappa shape index (κ3) is 18.4. The molecular formula is C54H62Br4N4. The summed E-state index contributed by atoms with van der Waals surface area (Å²) in [4.78, 5) is 0. The molecule has 0 radical (unpaired) electrons. The minimum absolute atomic E-state index is 0. The van der Waals surface area contributed by atoms with Gasteiger partial charge in [-0.1, -0.05) is 47.4 Å². The van der Waals surface area contributed by atoms with Crippen molar-refractivity contribution < 1.29 is 86.2 Å². The van der Waals surface area contributed by atoms with Crippen LogP contribution in [0.25, 0.3) is 0 Å². The highest BCUT2D eigenvalue weighted by Gasteiger charge is 2.09. The molecule has 0 fully saturated rings. The van der Waals surface area contributed by atoms with Crippen LogP contribution in [-0.4, -0.2) is 0 Å². The Morgan fingerprint density at radius 1 is 0.323 bits per heavy atom. The number of aromatic nitrogens is 4. The van der Waals surface area contributed by atoms with Crippen LogP contribution in [-0.2, 0) is 26.2 Å². The van der Waals surface area contributed by atoms with E-state index in [0.717, 1.165) is 99.8 Å². The van der Waals surface area contributed by atoms with Crippen molar-refractivity contribution in [2.24, 2.45) is 0 Å². The Hall–Kier alpha value is -4.02. The molecule has 326 valence electrons. The van der Waals surface area contributed by atoms with Crippen LogP contribution in [0, 0.1) is 103 Å². The lowest BCUT2D eigenvalue weighted by Crippen LogP contribution is -3.00. The summed E-state index contributed by atoms with van der Waals surface area (Å²) in [6.07, 6.45) is 24.7. The second-order valence-corrected chi connectivity index (χ2v) is 15.8. The molecule has 4 aromatic heterocycles. The van der Waals surface area contributed by atoms with Gasteiger partial charge in [-0.3, -0.25) is 0 Å². The van der Waals surface area contributed by atoms with E-state index in [4.69, 9.17) is 0 Å². The Labute approximate surface area is 416 Å². The number of halogens is 4. The third-order valence-corrected chi connectivity index (χ3v) is 10.9. The summed E-state index contributed by atoms with van der Waals surface area (Å²) in [5, 5.41) is 0. The van der Waals surface area contributed by atoms with E-state index in [1.54, 1.807) is 0 Å². The zero-order chi connectivity index (χ0) is 41.3. The number of nitrogens with zero attached hydrogens (tertiary/aromatic N) is 4. The fourth-order valence-electron chi connectivity index (χ4n) is 6.53. The summed E-state index contributed by atoms with van der Waals surface area (Å²) in [5.41, 5.74) is 14.2. The van der Waals surface area contributed by atoms with Gasteiger partial charge in [0, 0.05) is 120 Å². The average Bonchev–Trinajstić information content (AvgIpc) is 3.20. The Bertz CT molecular complexity index is 2150. The maximum absolute atomic E-state index is 3.51. The lowest BCUT2D eigenvalue weighted by atomic mass is 9.98. The van der Waals surface area contributed by atoms with Crippen molar-refractivity contribution in [3.63, 3.8) is 0 Å². The van der Waals surface area contributed by atoms with Gasteiger partial charge in [-0.25, -0.2) is 18.3 Å². The molecule has 0 aliphatic carbocycles. The minimum Gasteiger partial charge on any atom is -1.00 e. The summed E-state index contributed by atoms with van der Waals surface area (Å²) >= 11 is 0. The molecule has 1 aromatic carbocycles. The zero-order valence-electron chi connectivity index (χ0n) is 37.9. The van der Waals surface area contributed by atoms with Crippen LogP contribution < -0.4 is 86.2 Å². The van der Waals surface area contributed by atoms with E-state index in [-0.39, 0.29) is 67.9 Å². The van der Waals surface area contributed by atoms with Crippen LogP contribution in [0.4, 0.5) is 0 Å². The predicted octanol–water partition coefficient (Wildman–Crippen LogP) is -3.35. The van der Waals surface area contributed by atoms with Gasteiger partial charge in [0.15, 0.2) is 49.6 Å². The summed E-state index contributed by atoms with van der Waals surface area (Å²) < 4.78 is 9.04. The molecule has 0 amide bonds. The topological polar surface area (TPSA) is 15.5 Å². The van der Waals surface area contributed by atoms with Gasteiger partial charge in [0.2, 0.25) is 0 Å². The smallest absolute Gasteiger partial charge is 0.171 e. The quantitative estimate of drug-likeness (QED) is 0.0707. The molecule has 0 bridgehead atoms. The van der Waals surface area contributed by atoms with Crippen LogP contribution >= 0.6 is 0 Å². The zero-order valence-corrected chi connectivity index (χ0v) is 44.2. The standard InChI is InChI=1S/C54H62N4.4BrH/c1-43-25-33-55(39-47(43)5)29-17-9-13-21-51-37-53(23-15-11-19-31-57-35-27-45(3)49(7)41-57)54(24-16-12-20-32-58-36-28-46(4)50(8)42-58)38-52(51)22-14-10-18-30-56-34-26-44(2)48(6)40-56;;;;/h25-28,33-42H,9-12,17-20,29-32H2,1-8H3;4*1H/q+4;;;;/p-4. The normalized spacial score (nSPS) is 9.68.